The standard InChI is InChI=1S/C16H32N2O/c1-13(2)17-11-14-7-6-10-18(12-14)15-8-4-5-9-16(15)19-3/h13-17H,4-12H2,1-3H3. The molecule has 1 saturated carbocycles. The molecule has 0 amide bonds. The average Bonchev–Trinajstić information content (AvgIpc) is 2.45. The minimum Gasteiger partial charge on any atom is -0.380 e. The van der Waals surface area contributed by atoms with Gasteiger partial charge in [-0.3, -0.25) is 4.90 Å². The van der Waals surface area contributed by atoms with Crippen LogP contribution in [0.4, 0.5) is 0 Å². The number of ether oxygens (including phenoxy) is 1. The summed E-state index contributed by atoms with van der Waals surface area (Å²) in [4.78, 5) is 2.73. The van der Waals surface area contributed by atoms with E-state index in [0.717, 1.165) is 5.92 Å². The van der Waals surface area contributed by atoms with E-state index in [-0.39, 0.29) is 0 Å². The summed E-state index contributed by atoms with van der Waals surface area (Å²) in [6, 6.07) is 1.29. The van der Waals surface area contributed by atoms with Gasteiger partial charge in [0.25, 0.3) is 0 Å². The van der Waals surface area contributed by atoms with Crippen molar-refractivity contribution in [3.05, 3.63) is 0 Å². The van der Waals surface area contributed by atoms with Gasteiger partial charge in [0.15, 0.2) is 0 Å². The topological polar surface area (TPSA) is 24.5 Å². The predicted molar refractivity (Wildman–Crippen MR) is 80.5 cm³/mol. The highest BCUT2D eigenvalue weighted by molar-refractivity contribution is 4.87. The Kier molecular flexibility index (Phi) is 6.11. The number of nitrogens with one attached hydrogen (secondary N) is 1. The summed E-state index contributed by atoms with van der Waals surface area (Å²) in [6.45, 7) is 8.21. The molecule has 1 heterocycles. The zero-order valence-electron chi connectivity index (χ0n) is 13.0. The second kappa shape index (κ2) is 7.61. The van der Waals surface area contributed by atoms with Gasteiger partial charge in [-0.25, -0.2) is 0 Å². The largest absolute Gasteiger partial charge is 0.380 e. The lowest BCUT2D eigenvalue weighted by Gasteiger charge is -2.43. The number of piperidine rings is 1. The fourth-order valence-electron chi connectivity index (χ4n) is 3.74. The Morgan fingerprint density at radius 2 is 1.95 bits per heavy atom. The van der Waals surface area contributed by atoms with Gasteiger partial charge in [0.1, 0.15) is 0 Å². The summed E-state index contributed by atoms with van der Waals surface area (Å²) < 4.78 is 5.73. The molecule has 1 aliphatic carbocycles. The van der Waals surface area contributed by atoms with E-state index in [4.69, 9.17) is 4.74 Å². The number of rotatable bonds is 5. The number of likely N-dealkylation sites (tertiary alicyclic amines) is 1. The number of hydrogen-bond acceptors (Lipinski definition) is 3. The van der Waals surface area contributed by atoms with Gasteiger partial charge in [0.2, 0.25) is 0 Å². The predicted octanol–water partition coefficient (Wildman–Crippen LogP) is 2.65. The first kappa shape index (κ1) is 15.3. The van der Waals surface area contributed by atoms with Crippen molar-refractivity contribution in [2.75, 3.05) is 26.7 Å². The molecule has 0 aromatic heterocycles. The summed E-state index contributed by atoms with van der Waals surface area (Å²) in [5.41, 5.74) is 0. The maximum Gasteiger partial charge on any atom is 0.0726 e. The molecule has 1 N–H and O–H groups in total. The molecular weight excluding hydrogens is 236 g/mol. The first-order chi connectivity index (χ1) is 9.20. The highest BCUT2D eigenvalue weighted by Crippen LogP contribution is 2.28. The van der Waals surface area contributed by atoms with Gasteiger partial charge in [-0.2, -0.15) is 0 Å². The fraction of sp³-hybridized carbons (Fsp3) is 1.00. The van der Waals surface area contributed by atoms with Crippen molar-refractivity contribution in [1.29, 1.82) is 0 Å². The van der Waals surface area contributed by atoms with Gasteiger partial charge < -0.3 is 10.1 Å². The van der Waals surface area contributed by atoms with Gasteiger partial charge in [-0.15, -0.1) is 0 Å². The highest BCUT2D eigenvalue weighted by atomic mass is 16.5. The third-order valence-corrected chi connectivity index (χ3v) is 4.80. The van der Waals surface area contributed by atoms with Crippen LogP contribution in [0, 0.1) is 5.92 Å². The molecule has 3 heteroatoms. The molecule has 3 unspecified atom stereocenters. The number of methoxy groups -OCH3 is 1. The SMILES string of the molecule is COC1CCCCC1N1CCCC(CNC(C)C)C1. The first-order valence-corrected chi connectivity index (χ1v) is 8.21. The second-order valence-electron chi connectivity index (χ2n) is 6.69. The summed E-state index contributed by atoms with van der Waals surface area (Å²) in [5.74, 6) is 0.829. The van der Waals surface area contributed by atoms with E-state index in [1.165, 1.54) is 58.2 Å². The molecule has 3 nitrogen and oxygen atoms in total. The van der Waals surface area contributed by atoms with E-state index < -0.39 is 0 Å². The van der Waals surface area contributed by atoms with Crippen molar-refractivity contribution >= 4 is 0 Å². The lowest BCUT2D eigenvalue weighted by atomic mass is 9.88. The third-order valence-electron chi connectivity index (χ3n) is 4.80. The van der Waals surface area contributed by atoms with Gasteiger partial charge in [-0.1, -0.05) is 26.7 Å². The highest BCUT2D eigenvalue weighted by Gasteiger charge is 2.32. The van der Waals surface area contributed by atoms with Crippen LogP contribution in [0.5, 0.6) is 0 Å². The molecule has 0 bridgehead atoms. The lowest BCUT2D eigenvalue weighted by Crippen LogP contribution is -2.51. The van der Waals surface area contributed by atoms with Crippen molar-refractivity contribution < 1.29 is 4.74 Å². The minimum absolute atomic E-state index is 0.477. The molecule has 2 fully saturated rings. The number of nitrogens with zero attached hydrogens (tertiary/aromatic N) is 1. The molecule has 0 radical (unpaired) electrons. The Hall–Kier alpha value is -0.120. The van der Waals surface area contributed by atoms with Crippen LogP contribution in [0.1, 0.15) is 52.4 Å². The summed E-state index contributed by atoms with van der Waals surface area (Å²) in [7, 11) is 1.89. The van der Waals surface area contributed by atoms with Gasteiger partial charge in [-0.05, 0) is 44.7 Å². The van der Waals surface area contributed by atoms with Crippen molar-refractivity contribution in [3.8, 4) is 0 Å². The van der Waals surface area contributed by atoms with Crippen LogP contribution in [0.15, 0.2) is 0 Å². The third kappa shape index (κ3) is 4.44. The van der Waals surface area contributed by atoms with Crippen LogP contribution in [0.25, 0.3) is 0 Å². The van der Waals surface area contributed by atoms with Crippen LogP contribution >= 0.6 is 0 Å². The Labute approximate surface area is 119 Å². The van der Waals surface area contributed by atoms with E-state index in [1.807, 2.05) is 7.11 Å². The molecule has 19 heavy (non-hydrogen) atoms. The fourth-order valence-corrected chi connectivity index (χ4v) is 3.74. The molecule has 2 aliphatic rings. The van der Waals surface area contributed by atoms with E-state index in [2.05, 4.69) is 24.1 Å². The smallest absolute Gasteiger partial charge is 0.0726 e. The molecule has 1 aliphatic heterocycles. The van der Waals surface area contributed by atoms with E-state index in [9.17, 15) is 0 Å². The lowest BCUT2D eigenvalue weighted by molar-refractivity contribution is -0.0250. The maximum atomic E-state index is 5.73. The quantitative estimate of drug-likeness (QED) is 0.829. The molecular formula is C16H32N2O. The maximum absolute atomic E-state index is 5.73. The van der Waals surface area contributed by atoms with Gasteiger partial charge >= 0.3 is 0 Å². The van der Waals surface area contributed by atoms with Gasteiger partial charge in [0.05, 0.1) is 6.10 Å². The molecule has 1 saturated heterocycles. The minimum atomic E-state index is 0.477. The zero-order chi connectivity index (χ0) is 13.7. The molecule has 3 atom stereocenters. The van der Waals surface area contributed by atoms with Crippen LogP contribution in [-0.2, 0) is 4.74 Å². The van der Waals surface area contributed by atoms with Crippen molar-refractivity contribution in [2.24, 2.45) is 5.92 Å². The summed E-state index contributed by atoms with van der Waals surface area (Å²) in [6.07, 6.45) is 8.55. The van der Waals surface area contributed by atoms with Crippen LogP contribution in [-0.4, -0.2) is 49.8 Å². The average molecular weight is 268 g/mol. The van der Waals surface area contributed by atoms with Crippen LogP contribution in [0.2, 0.25) is 0 Å². The Balaban J connectivity index is 1.85. The molecule has 0 spiro atoms. The molecule has 0 aromatic rings. The van der Waals surface area contributed by atoms with E-state index >= 15 is 0 Å². The van der Waals surface area contributed by atoms with Crippen LogP contribution < -0.4 is 5.32 Å². The molecule has 0 aromatic carbocycles. The normalized spacial score (nSPS) is 33.8. The summed E-state index contributed by atoms with van der Waals surface area (Å²) in [5, 5.41) is 3.61. The Morgan fingerprint density at radius 1 is 1.16 bits per heavy atom. The number of hydrogen-bond donors (Lipinski definition) is 1. The van der Waals surface area contributed by atoms with Gasteiger partial charge in [0, 0.05) is 25.7 Å². The zero-order valence-corrected chi connectivity index (χ0v) is 13.0. The Morgan fingerprint density at radius 3 is 2.68 bits per heavy atom. The van der Waals surface area contributed by atoms with E-state index in [1.54, 1.807) is 0 Å². The Bertz CT molecular complexity index is 257. The molecule has 112 valence electrons. The summed E-state index contributed by atoms with van der Waals surface area (Å²) >= 11 is 0. The van der Waals surface area contributed by atoms with E-state index in [0.29, 0.717) is 18.2 Å². The second-order valence-corrected chi connectivity index (χ2v) is 6.69. The first-order valence-electron chi connectivity index (χ1n) is 8.21. The van der Waals surface area contributed by atoms with Crippen molar-refractivity contribution in [2.45, 2.75) is 70.6 Å². The van der Waals surface area contributed by atoms with Crippen molar-refractivity contribution in [3.63, 3.8) is 0 Å². The van der Waals surface area contributed by atoms with Crippen molar-refractivity contribution in [1.82, 2.24) is 10.2 Å². The monoisotopic (exact) mass is 268 g/mol. The van der Waals surface area contributed by atoms with Crippen LogP contribution in [0.3, 0.4) is 0 Å². The molecule has 2 rings (SSSR count).